The van der Waals surface area contributed by atoms with Gasteiger partial charge in [0, 0.05) is 17.8 Å². The van der Waals surface area contributed by atoms with Crippen molar-refractivity contribution in [3.8, 4) is 11.6 Å². The highest BCUT2D eigenvalue weighted by Gasteiger charge is 2.16. The third kappa shape index (κ3) is 4.22. The number of hydrogen-bond donors (Lipinski definition) is 2. The monoisotopic (exact) mass is 329 g/mol. The van der Waals surface area contributed by atoms with E-state index >= 15 is 0 Å². The van der Waals surface area contributed by atoms with Crippen LogP contribution in [0.1, 0.15) is 11.3 Å². The predicted molar refractivity (Wildman–Crippen MR) is 89.0 cm³/mol. The van der Waals surface area contributed by atoms with Crippen LogP contribution in [0, 0.1) is 6.92 Å². The van der Waals surface area contributed by atoms with Crippen molar-refractivity contribution in [3.05, 3.63) is 47.7 Å². The zero-order chi connectivity index (χ0) is 17.5. The van der Waals surface area contributed by atoms with Gasteiger partial charge in [0.15, 0.2) is 0 Å². The molecule has 126 valence electrons. The van der Waals surface area contributed by atoms with Crippen molar-refractivity contribution in [3.63, 3.8) is 0 Å². The molecule has 2 N–H and O–H groups in total. The van der Waals surface area contributed by atoms with Gasteiger partial charge in [-0.15, -0.1) is 0 Å². The molecule has 7 nitrogen and oxygen atoms in total. The second kappa shape index (κ2) is 7.96. The number of anilines is 1. The number of pyridine rings is 1. The lowest BCUT2D eigenvalue weighted by molar-refractivity contribution is -0.136. The van der Waals surface area contributed by atoms with Crippen LogP contribution in [0.15, 0.2) is 36.4 Å². The van der Waals surface area contributed by atoms with Crippen LogP contribution in [0.4, 0.5) is 5.69 Å². The lowest BCUT2D eigenvalue weighted by Gasteiger charge is -2.11. The van der Waals surface area contributed by atoms with Crippen LogP contribution in [0.25, 0.3) is 0 Å². The summed E-state index contributed by atoms with van der Waals surface area (Å²) < 4.78 is 10.3. The minimum Gasteiger partial charge on any atom is -0.495 e. The molecule has 0 atom stereocenters. The highest BCUT2D eigenvalue weighted by molar-refractivity contribution is 6.39. The fourth-order valence-electron chi connectivity index (χ4n) is 2.06. The van der Waals surface area contributed by atoms with E-state index in [9.17, 15) is 9.59 Å². The number of carbonyl (C=O) groups excluding carboxylic acids is 2. The molecule has 7 heteroatoms. The molecule has 0 aliphatic heterocycles. The molecule has 2 amide bonds. The summed E-state index contributed by atoms with van der Waals surface area (Å²) in [5, 5.41) is 5.05. The molecule has 2 aromatic rings. The van der Waals surface area contributed by atoms with E-state index < -0.39 is 11.8 Å². The van der Waals surface area contributed by atoms with Gasteiger partial charge in [-0.3, -0.25) is 9.59 Å². The van der Waals surface area contributed by atoms with Gasteiger partial charge < -0.3 is 20.1 Å². The van der Waals surface area contributed by atoms with E-state index in [0.29, 0.717) is 22.9 Å². The Labute approximate surface area is 140 Å². The van der Waals surface area contributed by atoms with Crippen LogP contribution in [0.2, 0.25) is 0 Å². The summed E-state index contributed by atoms with van der Waals surface area (Å²) in [6.07, 6.45) is 0. The molecule has 0 aliphatic carbocycles. The first kappa shape index (κ1) is 17.3. The van der Waals surface area contributed by atoms with Gasteiger partial charge in [0.1, 0.15) is 5.75 Å². The summed E-state index contributed by atoms with van der Waals surface area (Å²) in [6, 6.07) is 10.4. The number of benzene rings is 1. The third-order valence-electron chi connectivity index (χ3n) is 3.27. The van der Waals surface area contributed by atoms with Crippen LogP contribution < -0.4 is 20.1 Å². The maximum absolute atomic E-state index is 12.0. The summed E-state index contributed by atoms with van der Waals surface area (Å²) in [5.74, 6) is -0.648. The zero-order valence-electron chi connectivity index (χ0n) is 13.8. The van der Waals surface area contributed by atoms with Crippen molar-refractivity contribution in [1.82, 2.24) is 10.3 Å². The molecule has 24 heavy (non-hydrogen) atoms. The average Bonchev–Trinajstić information content (AvgIpc) is 2.60. The number of para-hydroxylation sites is 2. The zero-order valence-corrected chi connectivity index (χ0v) is 13.8. The van der Waals surface area contributed by atoms with E-state index in [1.807, 2.05) is 6.92 Å². The summed E-state index contributed by atoms with van der Waals surface area (Å²) in [4.78, 5) is 28.2. The molecule has 2 rings (SSSR count). The number of rotatable bonds is 5. The molecule has 0 aliphatic rings. The van der Waals surface area contributed by atoms with Crippen molar-refractivity contribution < 1.29 is 19.1 Å². The van der Waals surface area contributed by atoms with E-state index in [0.717, 1.165) is 5.69 Å². The van der Waals surface area contributed by atoms with Gasteiger partial charge >= 0.3 is 11.8 Å². The summed E-state index contributed by atoms with van der Waals surface area (Å²) in [6.45, 7) is 1.97. The number of aryl methyl sites for hydroxylation is 1. The van der Waals surface area contributed by atoms with Crippen molar-refractivity contribution >= 4 is 17.5 Å². The van der Waals surface area contributed by atoms with Gasteiger partial charge in [-0.05, 0) is 25.1 Å². The molecular weight excluding hydrogens is 310 g/mol. The largest absolute Gasteiger partial charge is 0.495 e. The standard InChI is InChI=1S/C17H19N3O4/c1-11-8-9-12(17(19-11)24-3)10-18-15(21)16(22)20-13-6-4-5-7-14(13)23-2/h4-9H,10H2,1-3H3,(H,18,21)(H,20,22). The van der Waals surface area contributed by atoms with Crippen molar-refractivity contribution in [1.29, 1.82) is 0 Å². The van der Waals surface area contributed by atoms with Crippen molar-refractivity contribution in [2.45, 2.75) is 13.5 Å². The Bertz CT molecular complexity index is 746. The second-order valence-corrected chi connectivity index (χ2v) is 4.96. The van der Waals surface area contributed by atoms with Gasteiger partial charge in [0.25, 0.3) is 0 Å². The lowest BCUT2D eigenvalue weighted by Crippen LogP contribution is -2.35. The van der Waals surface area contributed by atoms with Crippen LogP contribution in [0.3, 0.4) is 0 Å². The number of methoxy groups -OCH3 is 2. The van der Waals surface area contributed by atoms with Crippen LogP contribution in [0.5, 0.6) is 11.6 Å². The minimum atomic E-state index is -0.779. The maximum atomic E-state index is 12.0. The molecule has 0 saturated carbocycles. The number of ether oxygens (including phenoxy) is 2. The van der Waals surface area contributed by atoms with Crippen LogP contribution >= 0.6 is 0 Å². The first-order chi connectivity index (χ1) is 11.5. The second-order valence-electron chi connectivity index (χ2n) is 4.96. The first-order valence-corrected chi connectivity index (χ1v) is 7.28. The molecule has 0 saturated heterocycles. The smallest absolute Gasteiger partial charge is 0.313 e. The number of aromatic nitrogens is 1. The van der Waals surface area contributed by atoms with Crippen molar-refractivity contribution in [2.75, 3.05) is 19.5 Å². The van der Waals surface area contributed by atoms with E-state index in [-0.39, 0.29) is 6.54 Å². The van der Waals surface area contributed by atoms with E-state index in [1.54, 1.807) is 36.4 Å². The Morgan fingerprint density at radius 3 is 2.50 bits per heavy atom. The lowest BCUT2D eigenvalue weighted by atomic mass is 10.2. The fraction of sp³-hybridized carbons (Fsp3) is 0.235. The normalized spacial score (nSPS) is 9.96. The molecule has 1 heterocycles. The maximum Gasteiger partial charge on any atom is 0.313 e. The molecule has 0 fully saturated rings. The van der Waals surface area contributed by atoms with E-state index in [4.69, 9.17) is 9.47 Å². The van der Waals surface area contributed by atoms with Gasteiger partial charge in [-0.25, -0.2) is 4.98 Å². The molecule has 0 spiro atoms. The van der Waals surface area contributed by atoms with Gasteiger partial charge in [0.2, 0.25) is 5.88 Å². The minimum absolute atomic E-state index is 0.134. The molecule has 1 aromatic carbocycles. The summed E-state index contributed by atoms with van der Waals surface area (Å²) >= 11 is 0. The quantitative estimate of drug-likeness (QED) is 0.814. The highest BCUT2D eigenvalue weighted by Crippen LogP contribution is 2.22. The summed E-state index contributed by atoms with van der Waals surface area (Å²) in [5.41, 5.74) is 1.91. The van der Waals surface area contributed by atoms with E-state index in [2.05, 4.69) is 15.6 Å². The number of nitrogens with zero attached hydrogens (tertiary/aromatic N) is 1. The molecule has 0 bridgehead atoms. The van der Waals surface area contributed by atoms with Crippen LogP contribution in [-0.2, 0) is 16.1 Å². The van der Waals surface area contributed by atoms with Gasteiger partial charge in [-0.2, -0.15) is 0 Å². The SMILES string of the molecule is COc1ccccc1NC(=O)C(=O)NCc1ccc(C)nc1OC. The molecule has 0 radical (unpaired) electrons. The van der Waals surface area contributed by atoms with Gasteiger partial charge in [0.05, 0.1) is 19.9 Å². The highest BCUT2D eigenvalue weighted by atomic mass is 16.5. The number of hydrogen-bond acceptors (Lipinski definition) is 5. The topological polar surface area (TPSA) is 89.5 Å². The Kier molecular flexibility index (Phi) is 5.73. The summed E-state index contributed by atoms with van der Waals surface area (Å²) in [7, 11) is 2.99. The average molecular weight is 329 g/mol. The van der Waals surface area contributed by atoms with E-state index in [1.165, 1.54) is 14.2 Å². The Morgan fingerprint density at radius 1 is 1.04 bits per heavy atom. The van der Waals surface area contributed by atoms with Crippen LogP contribution in [-0.4, -0.2) is 31.0 Å². The molecule has 0 unspecified atom stereocenters. The first-order valence-electron chi connectivity index (χ1n) is 7.28. The molecule has 1 aromatic heterocycles. The Balaban J connectivity index is 1.98. The Hall–Kier alpha value is -3.09. The number of carbonyl (C=O) groups is 2. The fourth-order valence-corrected chi connectivity index (χ4v) is 2.06. The number of nitrogens with one attached hydrogen (secondary N) is 2. The molecular formula is C17H19N3O4. The predicted octanol–water partition coefficient (Wildman–Crippen LogP) is 1.66. The van der Waals surface area contributed by atoms with Crippen molar-refractivity contribution in [2.24, 2.45) is 0 Å². The van der Waals surface area contributed by atoms with Gasteiger partial charge in [-0.1, -0.05) is 18.2 Å². The Morgan fingerprint density at radius 2 is 1.79 bits per heavy atom. The number of amides is 2. The third-order valence-corrected chi connectivity index (χ3v) is 3.27.